The van der Waals surface area contributed by atoms with Crippen LogP contribution in [-0.4, -0.2) is 27.6 Å². The van der Waals surface area contributed by atoms with E-state index in [1.807, 2.05) is 6.07 Å². The van der Waals surface area contributed by atoms with Gasteiger partial charge in [-0.15, -0.1) is 0 Å². The second kappa shape index (κ2) is 7.11. The Balaban J connectivity index is 2.26. The SMILES string of the molecule is COc1cc(C(=O)/C=C/c2ccc(C#N)cc2)ccc1S(C)(=O)=O. The van der Waals surface area contributed by atoms with Crippen LogP contribution in [0.4, 0.5) is 0 Å². The maximum atomic E-state index is 12.2. The largest absolute Gasteiger partial charge is 0.495 e. The predicted molar refractivity (Wildman–Crippen MR) is 90.6 cm³/mol. The summed E-state index contributed by atoms with van der Waals surface area (Å²) in [6.45, 7) is 0. The molecule has 0 saturated carbocycles. The number of hydrogen-bond acceptors (Lipinski definition) is 5. The van der Waals surface area contributed by atoms with Crippen LogP contribution in [0, 0.1) is 11.3 Å². The van der Waals surface area contributed by atoms with E-state index < -0.39 is 9.84 Å². The molecule has 2 aromatic carbocycles. The molecular weight excluding hydrogens is 326 g/mol. The molecule has 5 nitrogen and oxygen atoms in total. The lowest BCUT2D eigenvalue weighted by molar-refractivity contribution is 0.104. The number of allylic oxidation sites excluding steroid dienone is 1. The van der Waals surface area contributed by atoms with Gasteiger partial charge >= 0.3 is 0 Å². The van der Waals surface area contributed by atoms with Gasteiger partial charge in [0.05, 0.1) is 18.7 Å². The molecule has 0 fully saturated rings. The first kappa shape index (κ1) is 17.4. The van der Waals surface area contributed by atoms with Crippen LogP contribution in [-0.2, 0) is 9.84 Å². The molecule has 0 N–H and O–H groups in total. The van der Waals surface area contributed by atoms with Gasteiger partial charge in [0.2, 0.25) is 0 Å². The predicted octanol–water partition coefficient (Wildman–Crippen LogP) is 2.87. The molecule has 0 radical (unpaired) electrons. The van der Waals surface area contributed by atoms with E-state index in [-0.39, 0.29) is 16.4 Å². The quantitative estimate of drug-likeness (QED) is 0.617. The number of hydrogen-bond donors (Lipinski definition) is 0. The molecule has 2 rings (SSSR count). The van der Waals surface area contributed by atoms with E-state index in [1.54, 1.807) is 30.3 Å². The van der Waals surface area contributed by atoms with Gasteiger partial charge in [0.1, 0.15) is 10.6 Å². The monoisotopic (exact) mass is 341 g/mol. The molecular formula is C18H15NO4S. The first-order valence-electron chi connectivity index (χ1n) is 6.96. The molecule has 0 atom stereocenters. The van der Waals surface area contributed by atoms with Crippen molar-refractivity contribution in [1.82, 2.24) is 0 Å². The van der Waals surface area contributed by atoms with Crippen molar-refractivity contribution >= 4 is 21.7 Å². The fourth-order valence-corrected chi connectivity index (χ4v) is 2.89. The first-order valence-corrected chi connectivity index (χ1v) is 8.85. The molecule has 6 heteroatoms. The summed E-state index contributed by atoms with van der Waals surface area (Å²) in [4.78, 5) is 12.3. The first-order chi connectivity index (χ1) is 11.3. The summed E-state index contributed by atoms with van der Waals surface area (Å²) in [5, 5.41) is 8.75. The van der Waals surface area contributed by atoms with Crippen molar-refractivity contribution in [2.24, 2.45) is 0 Å². The number of benzene rings is 2. The van der Waals surface area contributed by atoms with Gasteiger partial charge in [0.15, 0.2) is 15.6 Å². The zero-order chi connectivity index (χ0) is 17.7. The van der Waals surface area contributed by atoms with Gasteiger partial charge in [-0.3, -0.25) is 4.79 Å². The van der Waals surface area contributed by atoms with Gasteiger partial charge < -0.3 is 4.74 Å². The molecule has 0 aliphatic rings. The maximum Gasteiger partial charge on any atom is 0.185 e. The van der Waals surface area contributed by atoms with Gasteiger partial charge in [0, 0.05) is 11.8 Å². The number of nitriles is 1. The molecule has 0 aliphatic heterocycles. The average Bonchev–Trinajstić information content (AvgIpc) is 2.58. The Hall–Kier alpha value is -2.91. The minimum Gasteiger partial charge on any atom is -0.495 e. The summed E-state index contributed by atoms with van der Waals surface area (Å²) >= 11 is 0. The van der Waals surface area contributed by atoms with Gasteiger partial charge in [-0.25, -0.2) is 8.42 Å². The van der Waals surface area contributed by atoms with E-state index in [4.69, 9.17) is 10.00 Å². The normalized spacial score (nSPS) is 11.2. The van der Waals surface area contributed by atoms with E-state index >= 15 is 0 Å². The third-order valence-electron chi connectivity index (χ3n) is 3.31. The zero-order valence-electron chi connectivity index (χ0n) is 13.2. The second-order valence-electron chi connectivity index (χ2n) is 5.07. The molecule has 0 spiro atoms. The molecule has 2 aromatic rings. The lowest BCUT2D eigenvalue weighted by Gasteiger charge is -2.07. The van der Waals surface area contributed by atoms with E-state index in [0.29, 0.717) is 11.1 Å². The number of ketones is 1. The fourth-order valence-electron chi connectivity index (χ4n) is 2.06. The third-order valence-corrected chi connectivity index (χ3v) is 4.45. The number of nitrogens with zero attached hydrogens (tertiary/aromatic N) is 1. The number of sulfone groups is 1. The highest BCUT2D eigenvalue weighted by Gasteiger charge is 2.16. The molecule has 0 amide bonds. The molecule has 122 valence electrons. The smallest absolute Gasteiger partial charge is 0.185 e. The molecule has 0 heterocycles. The lowest BCUT2D eigenvalue weighted by Crippen LogP contribution is -2.03. The van der Waals surface area contributed by atoms with Crippen molar-refractivity contribution in [2.75, 3.05) is 13.4 Å². The van der Waals surface area contributed by atoms with Crippen LogP contribution in [0.1, 0.15) is 21.5 Å². The van der Waals surface area contributed by atoms with Crippen LogP contribution in [0.25, 0.3) is 6.08 Å². The van der Waals surface area contributed by atoms with Crippen LogP contribution in [0.3, 0.4) is 0 Å². The van der Waals surface area contributed by atoms with E-state index in [9.17, 15) is 13.2 Å². The Kier molecular flexibility index (Phi) is 5.17. The summed E-state index contributed by atoms with van der Waals surface area (Å²) < 4.78 is 28.4. The fraction of sp³-hybridized carbons (Fsp3) is 0.111. The number of carbonyl (C=O) groups excluding carboxylic acids is 1. The highest BCUT2D eigenvalue weighted by molar-refractivity contribution is 7.90. The van der Waals surface area contributed by atoms with Crippen molar-refractivity contribution in [3.05, 3.63) is 65.2 Å². The second-order valence-corrected chi connectivity index (χ2v) is 7.05. The lowest BCUT2D eigenvalue weighted by atomic mass is 10.1. The number of ether oxygens (including phenoxy) is 1. The van der Waals surface area contributed by atoms with Gasteiger partial charge in [-0.05, 0) is 42.0 Å². The third kappa shape index (κ3) is 4.09. The van der Waals surface area contributed by atoms with E-state index in [2.05, 4.69) is 0 Å². The minimum atomic E-state index is -3.43. The topological polar surface area (TPSA) is 84.2 Å². The van der Waals surface area contributed by atoms with Gasteiger partial charge in [-0.1, -0.05) is 18.2 Å². The van der Waals surface area contributed by atoms with Gasteiger partial charge in [-0.2, -0.15) is 5.26 Å². The van der Waals surface area contributed by atoms with E-state index in [1.165, 1.54) is 31.4 Å². The number of carbonyl (C=O) groups is 1. The Morgan fingerprint density at radius 3 is 2.38 bits per heavy atom. The minimum absolute atomic E-state index is 0.0395. The average molecular weight is 341 g/mol. The number of methoxy groups -OCH3 is 1. The molecule has 0 unspecified atom stereocenters. The molecule has 0 aliphatic carbocycles. The highest BCUT2D eigenvalue weighted by atomic mass is 32.2. The van der Waals surface area contributed by atoms with Crippen LogP contribution in [0.2, 0.25) is 0 Å². The molecule has 0 saturated heterocycles. The maximum absolute atomic E-state index is 12.2. The van der Waals surface area contributed by atoms with Crippen molar-refractivity contribution in [2.45, 2.75) is 4.90 Å². The number of rotatable bonds is 5. The Morgan fingerprint density at radius 1 is 1.17 bits per heavy atom. The summed E-state index contributed by atoms with van der Waals surface area (Å²) in [5.41, 5.74) is 1.64. The Labute approximate surface area is 140 Å². The van der Waals surface area contributed by atoms with Crippen LogP contribution in [0.15, 0.2) is 53.4 Å². The standard InChI is InChI=1S/C18H15NO4S/c1-23-17-11-15(8-10-18(17)24(2,21)22)16(20)9-7-13-3-5-14(12-19)6-4-13/h3-11H,1-2H3/b9-7+. The summed E-state index contributed by atoms with van der Waals surface area (Å²) in [5.74, 6) is -0.146. The van der Waals surface area contributed by atoms with Crippen molar-refractivity contribution in [3.63, 3.8) is 0 Å². The van der Waals surface area contributed by atoms with Crippen molar-refractivity contribution < 1.29 is 17.9 Å². The van der Waals surface area contributed by atoms with Crippen LogP contribution < -0.4 is 4.74 Å². The van der Waals surface area contributed by atoms with Crippen molar-refractivity contribution in [3.8, 4) is 11.8 Å². The van der Waals surface area contributed by atoms with Crippen LogP contribution >= 0.6 is 0 Å². The Morgan fingerprint density at radius 2 is 1.83 bits per heavy atom. The summed E-state index contributed by atoms with van der Waals surface area (Å²) in [6.07, 6.45) is 4.09. The van der Waals surface area contributed by atoms with E-state index in [0.717, 1.165) is 11.8 Å². The van der Waals surface area contributed by atoms with Gasteiger partial charge in [0.25, 0.3) is 0 Å². The van der Waals surface area contributed by atoms with Crippen LogP contribution in [0.5, 0.6) is 5.75 Å². The molecule has 0 aromatic heterocycles. The highest BCUT2D eigenvalue weighted by Crippen LogP contribution is 2.25. The summed E-state index contributed by atoms with van der Waals surface area (Å²) in [6, 6.07) is 13.0. The summed E-state index contributed by atoms with van der Waals surface area (Å²) in [7, 11) is -2.08. The Bertz CT molecular complexity index is 936. The zero-order valence-corrected chi connectivity index (χ0v) is 14.0. The molecule has 24 heavy (non-hydrogen) atoms. The van der Waals surface area contributed by atoms with Crippen molar-refractivity contribution in [1.29, 1.82) is 5.26 Å². The molecule has 0 bridgehead atoms.